The van der Waals surface area contributed by atoms with Crippen LogP contribution < -0.4 is 0 Å². The molecule has 0 aliphatic carbocycles. The van der Waals surface area contributed by atoms with Crippen molar-refractivity contribution in [2.24, 2.45) is 0 Å². The van der Waals surface area contributed by atoms with E-state index in [1.165, 1.54) is 5.52 Å². The number of nitrogens with zero attached hydrogens (tertiary/aromatic N) is 2. The fraction of sp³-hybridized carbons (Fsp3) is 0.562. The van der Waals surface area contributed by atoms with Crippen molar-refractivity contribution in [2.75, 3.05) is 6.61 Å². The summed E-state index contributed by atoms with van der Waals surface area (Å²) in [6, 6.07) is 8.20. The third-order valence-electron chi connectivity index (χ3n) is 3.27. The Morgan fingerprint density at radius 3 is 2.65 bits per heavy atom. The van der Waals surface area contributed by atoms with E-state index in [2.05, 4.69) is 29.5 Å². The second-order valence-corrected chi connectivity index (χ2v) is 6.01. The molecule has 2 rings (SSSR count). The first-order valence-corrected chi connectivity index (χ1v) is 7.74. The van der Waals surface area contributed by atoms with Gasteiger partial charge < -0.3 is 9.30 Å². The van der Waals surface area contributed by atoms with Gasteiger partial charge in [-0.3, -0.25) is 0 Å². The van der Waals surface area contributed by atoms with Crippen molar-refractivity contribution in [3.63, 3.8) is 0 Å². The molecule has 0 N–H and O–H groups in total. The van der Waals surface area contributed by atoms with Gasteiger partial charge in [-0.25, -0.2) is 4.98 Å². The number of ether oxygens (including phenoxy) is 1. The Labute approximate surface area is 125 Å². The van der Waals surface area contributed by atoms with Crippen LogP contribution in [0.4, 0.5) is 0 Å². The molecule has 1 aromatic carbocycles. The lowest BCUT2D eigenvalue weighted by Crippen LogP contribution is -2.07. The third-order valence-corrected chi connectivity index (χ3v) is 3.46. The number of hydrogen-bond acceptors (Lipinski definition) is 2. The highest BCUT2D eigenvalue weighted by Gasteiger charge is 2.14. The Morgan fingerprint density at radius 2 is 1.95 bits per heavy atom. The van der Waals surface area contributed by atoms with Crippen LogP contribution in [0.1, 0.15) is 44.8 Å². The predicted molar refractivity (Wildman–Crippen MR) is 84.3 cm³/mol. The molecule has 0 bridgehead atoms. The van der Waals surface area contributed by atoms with E-state index >= 15 is 0 Å². The molecule has 110 valence electrons. The molecule has 20 heavy (non-hydrogen) atoms. The molecule has 0 saturated carbocycles. The standard InChI is InChI=1S/C16H23ClN2O/c1-12(2)20-11-7-6-10-19-15-9-5-4-8-14(15)18-16(19)13(3)17/h4-5,8-9,12-13H,6-7,10-11H2,1-3H3. The third kappa shape index (κ3) is 3.74. The van der Waals surface area contributed by atoms with Crippen LogP contribution in [0.25, 0.3) is 11.0 Å². The quantitative estimate of drug-likeness (QED) is 0.554. The van der Waals surface area contributed by atoms with E-state index in [0.29, 0.717) is 6.10 Å². The summed E-state index contributed by atoms with van der Waals surface area (Å²) in [7, 11) is 0. The van der Waals surface area contributed by atoms with Gasteiger partial charge in [-0.2, -0.15) is 0 Å². The van der Waals surface area contributed by atoms with Gasteiger partial charge in [-0.1, -0.05) is 12.1 Å². The molecule has 3 nitrogen and oxygen atoms in total. The zero-order valence-electron chi connectivity index (χ0n) is 12.5. The first-order chi connectivity index (χ1) is 9.59. The topological polar surface area (TPSA) is 27.1 Å². The van der Waals surface area contributed by atoms with E-state index in [1.54, 1.807) is 0 Å². The Morgan fingerprint density at radius 1 is 1.20 bits per heavy atom. The maximum Gasteiger partial charge on any atom is 0.127 e. The molecular formula is C16H23ClN2O. The van der Waals surface area contributed by atoms with Crippen LogP contribution in [-0.4, -0.2) is 22.3 Å². The van der Waals surface area contributed by atoms with E-state index in [-0.39, 0.29) is 5.38 Å². The van der Waals surface area contributed by atoms with Crippen molar-refractivity contribution in [1.29, 1.82) is 0 Å². The predicted octanol–water partition coefficient (Wildman–Crippen LogP) is 4.54. The Hall–Kier alpha value is -1.06. The molecule has 1 unspecified atom stereocenters. The maximum absolute atomic E-state index is 6.25. The lowest BCUT2D eigenvalue weighted by molar-refractivity contribution is 0.0754. The van der Waals surface area contributed by atoms with E-state index in [4.69, 9.17) is 16.3 Å². The highest BCUT2D eigenvalue weighted by Crippen LogP contribution is 2.24. The normalized spacial score (nSPS) is 13.2. The van der Waals surface area contributed by atoms with Crippen LogP contribution in [0.3, 0.4) is 0 Å². The lowest BCUT2D eigenvalue weighted by Gasteiger charge is -2.11. The number of unbranched alkanes of at least 4 members (excludes halogenated alkanes) is 1. The first kappa shape index (κ1) is 15.3. The second-order valence-electron chi connectivity index (χ2n) is 5.35. The fourth-order valence-electron chi connectivity index (χ4n) is 2.32. The molecule has 0 aliphatic rings. The number of rotatable bonds is 7. The summed E-state index contributed by atoms with van der Waals surface area (Å²) in [4.78, 5) is 4.64. The molecule has 0 spiro atoms. The van der Waals surface area contributed by atoms with E-state index in [0.717, 1.165) is 37.3 Å². The van der Waals surface area contributed by atoms with Crippen molar-refractivity contribution in [3.05, 3.63) is 30.1 Å². The van der Waals surface area contributed by atoms with Gasteiger partial charge in [0.15, 0.2) is 0 Å². The minimum atomic E-state index is -0.0747. The molecular weight excluding hydrogens is 272 g/mol. The van der Waals surface area contributed by atoms with Crippen molar-refractivity contribution >= 4 is 22.6 Å². The Balaban J connectivity index is 2.06. The van der Waals surface area contributed by atoms with Crippen LogP contribution in [0.15, 0.2) is 24.3 Å². The van der Waals surface area contributed by atoms with Gasteiger partial charge in [0.05, 0.1) is 22.5 Å². The number of aromatic nitrogens is 2. The van der Waals surface area contributed by atoms with Gasteiger partial charge in [-0.15, -0.1) is 11.6 Å². The average molecular weight is 295 g/mol. The SMILES string of the molecule is CC(C)OCCCCn1c(C(C)Cl)nc2ccccc21. The highest BCUT2D eigenvalue weighted by atomic mass is 35.5. The van der Waals surface area contributed by atoms with E-state index in [9.17, 15) is 0 Å². The molecule has 0 fully saturated rings. The largest absolute Gasteiger partial charge is 0.379 e. The average Bonchev–Trinajstić information content (AvgIpc) is 2.77. The highest BCUT2D eigenvalue weighted by molar-refractivity contribution is 6.20. The summed E-state index contributed by atoms with van der Waals surface area (Å²) >= 11 is 6.25. The first-order valence-electron chi connectivity index (χ1n) is 7.30. The van der Waals surface area contributed by atoms with Crippen molar-refractivity contribution in [2.45, 2.75) is 51.6 Å². The molecule has 1 atom stereocenters. The van der Waals surface area contributed by atoms with Crippen molar-refractivity contribution in [3.8, 4) is 0 Å². The van der Waals surface area contributed by atoms with Gasteiger partial charge in [0.2, 0.25) is 0 Å². The smallest absolute Gasteiger partial charge is 0.127 e. The van der Waals surface area contributed by atoms with E-state index < -0.39 is 0 Å². The number of fused-ring (bicyclic) bond motifs is 1. The van der Waals surface area contributed by atoms with Gasteiger partial charge in [-0.05, 0) is 45.7 Å². The molecule has 4 heteroatoms. The minimum Gasteiger partial charge on any atom is -0.379 e. The van der Waals surface area contributed by atoms with Crippen molar-refractivity contribution in [1.82, 2.24) is 9.55 Å². The maximum atomic E-state index is 6.25. The van der Waals surface area contributed by atoms with Crippen LogP contribution in [-0.2, 0) is 11.3 Å². The van der Waals surface area contributed by atoms with Gasteiger partial charge in [0.25, 0.3) is 0 Å². The number of alkyl halides is 1. The van der Waals surface area contributed by atoms with Crippen LogP contribution in [0.5, 0.6) is 0 Å². The summed E-state index contributed by atoms with van der Waals surface area (Å²) in [5, 5.41) is -0.0747. The number of aryl methyl sites for hydroxylation is 1. The second kappa shape index (κ2) is 7.09. The van der Waals surface area contributed by atoms with Gasteiger partial charge >= 0.3 is 0 Å². The summed E-state index contributed by atoms with van der Waals surface area (Å²) in [6.45, 7) is 7.86. The van der Waals surface area contributed by atoms with Gasteiger partial charge in [0.1, 0.15) is 5.82 Å². The molecule has 0 radical (unpaired) electrons. The van der Waals surface area contributed by atoms with E-state index in [1.807, 2.05) is 25.1 Å². The molecule has 0 saturated heterocycles. The van der Waals surface area contributed by atoms with Crippen LogP contribution >= 0.6 is 11.6 Å². The Kier molecular flexibility index (Phi) is 5.44. The summed E-state index contributed by atoms with van der Waals surface area (Å²) in [6.07, 6.45) is 2.44. The Bertz CT molecular complexity index is 548. The number of halogens is 1. The van der Waals surface area contributed by atoms with Crippen LogP contribution in [0, 0.1) is 0 Å². The number of hydrogen-bond donors (Lipinski definition) is 0. The molecule has 0 amide bonds. The molecule has 1 aromatic heterocycles. The molecule has 0 aliphatic heterocycles. The fourth-order valence-corrected chi connectivity index (χ4v) is 2.49. The number of para-hydroxylation sites is 2. The molecule has 2 aromatic rings. The summed E-state index contributed by atoms with van der Waals surface area (Å²) in [5.74, 6) is 0.956. The zero-order chi connectivity index (χ0) is 14.5. The zero-order valence-corrected chi connectivity index (χ0v) is 13.2. The minimum absolute atomic E-state index is 0.0747. The van der Waals surface area contributed by atoms with Crippen molar-refractivity contribution < 1.29 is 4.74 Å². The van der Waals surface area contributed by atoms with Crippen LogP contribution in [0.2, 0.25) is 0 Å². The monoisotopic (exact) mass is 294 g/mol. The molecule has 1 heterocycles. The van der Waals surface area contributed by atoms with Gasteiger partial charge in [0, 0.05) is 13.2 Å². The lowest BCUT2D eigenvalue weighted by atomic mass is 10.3. The number of imidazole rings is 1. The summed E-state index contributed by atoms with van der Waals surface area (Å²) < 4.78 is 7.81. The summed E-state index contributed by atoms with van der Waals surface area (Å²) in [5.41, 5.74) is 2.19. The number of benzene rings is 1.